The van der Waals surface area contributed by atoms with Crippen molar-refractivity contribution < 1.29 is 24.2 Å². The Morgan fingerprint density at radius 1 is 1.15 bits per heavy atom. The Labute approximate surface area is 159 Å². The van der Waals surface area contributed by atoms with Gasteiger partial charge in [-0.2, -0.15) is 0 Å². The van der Waals surface area contributed by atoms with Crippen LogP contribution in [0.15, 0.2) is 24.3 Å². The summed E-state index contributed by atoms with van der Waals surface area (Å²) in [7, 11) is 0. The summed E-state index contributed by atoms with van der Waals surface area (Å²) in [6.07, 6.45) is 0.597. The molecule has 0 bridgehead atoms. The topological polar surface area (TPSA) is 117 Å². The van der Waals surface area contributed by atoms with Crippen LogP contribution in [0.1, 0.15) is 45.6 Å². The van der Waals surface area contributed by atoms with Gasteiger partial charge in [0.1, 0.15) is 11.6 Å². The van der Waals surface area contributed by atoms with Crippen LogP contribution in [0, 0.1) is 6.92 Å². The molecule has 0 spiro atoms. The van der Waals surface area contributed by atoms with Crippen molar-refractivity contribution in [2.24, 2.45) is 0 Å². The van der Waals surface area contributed by atoms with E-state index in [1.807, 2.05) is 31.2 Å². The number of aliphatic carboxylic acids is 1. The van der Waals surface area contributed by atoms with E-state index in [9.17, 15) is 19.5 Å². The highest BCUT2D eigenvalue weighted by molar-refractivity contribution is 5.89. The largest absolute Gasteiger partial charge is 0.480 e. The number of nitrogens with one attached hydrogen (secondary N) is 3. The molecule has 3 amide bonds. The predicted molar refractivity (Wildman–Crippen MR) is 103 cm³/mol. The number of amides is 3. The molecule has 1 atom stereocenters. The summed E-state index contributed by atoms with van der Waals surface area (Å²) >= 11 is 0. The van der Waals surface area contributed by atoms with E-state index in [0.29, 0.717) is 19.4 Å². The number of aryl methyl sites for hydroxylation is 1. The van der Waals surface area contributed by atoms with Crippen LogP contribution in [-0.2, 0) is 9.53 Å². The maximum atomic E-state index is 11.9. The fourth-order valence-corrected chi connectivity index (χ4v) is 2.26. The van der Waals surface area contributed by atoms with Crippen molar-refractivity contribution in [3.8, 4) is 0 Å². The van der Waals surface area contributed by atoms with E-state index >= 15 is 0 Å². The molecule has 0 radical (unpaired) electrons. The molecule has 1 aromatic carbocycles. The molecule has 0 saturated heterocycles. The lowest BCUT2D eigenvalue weighted by atomic mass is 10.1. The van der Waals surface area contributed by atoms with Crippen LogP contribution in [-0.4, -0.2) is 41.4 Å². The van der Waals surface area contributed by atoms with Crippen molar-refractivity contribution in [3.05, 3.63) is 29.8 Å². The monoisotopic (exact) mass is 379 g/mol. The van der Waals surface area contributed by atoms with Crippen molar-refractivity contribution in [1.29, 1.82) is 0 Å². The minimum atomic E-state index is -1.12. The van der Waals surface area contributed by atoms with Crippen LogP contribution in [0.5, 0.6) is 0 Å². The number of rotatable bonds is 8. The number of ether oxygens (including phenoxy) is 1. The summed E-state index contributed by atoms with van der Waals surface area (Å²) in [6, 6.07) is 6.11. The van der Waals surface area contributed by atoms with E-state index in [4.69, 9.17) is 4.74 Å². The van der Waals surface area contributed by atoms with Crippen molar-refractivity contribution in [2.75, 3.05) is 11.9 Å². The number of anilines is 1. The zero-order chi connectivity index (χ0) is 20.4. The van der Waals surface area contributed by atoms with E-state index in [1.165, 1.54) is 0 Å². The Morgan fingerprint density at radius 2 is 1.81 bits per heavy atom. The fraction of sp³-hybridized carbons (Fsp3) is 0.526. The highest BCUT2D eigenvalue weighted by Gasteiger charge is 2.23. The van der Waals surface area contributed by atoms with E-state index < -0.39 is 23.7 Å². The predicted octanol–water partition coefficient (Wildman–Crippen LogP) is 3.26. The average molecular weight is 379 g/mol. The van der Waals surface area contributed by atoms with Gasteiger partial charge in [-0.05, 0) is 58.6 Å². The number of benzene rings is 1. The number of unbranched alkanes of at least 4 members (excludes halogenated alkanes) is 1. The van der Waals surface area contributed by atoms with Crippen LogP contribution in [0.25, 0.3) is 0 Å². The van der Waals surface area contributed by atoms with Crippen LogP contribution in [0.2, 0.25) is 0 Å². The quantitative estimate of drug-likeness (QED) is 0.517. The van der Waals surface area contributed by atoms with Crippen molar-refractivity contribution >= 4 is 23.8 Å². The van der Waals surface area contributed by atoms with Gasteiger partial charge in [0.05, 0.1) is 0 Å². The van der Waals surface area contributed by atoms with Gasteiger partial charge in [-0.25, -0.2) is 14.4 Å². The second kappa shape index (κ2) is 10.4. The van der Waals surface area contributed by atoms with E-state index in [0.717, 1.165) is 11.3 Å². The molecule has 0 aromatic heterocycles. The first-order valence-corrected chi connectivity index (χ1v) is 8.91. The number of alkyl carbamates (subject to hydrolysis) is 1. The van der Waals surface area contributed by atoms with Crippen molar-refractivity contribution in [1.82, 2.24) is 10.6 Å². The lowest BCUT2D eigenvalue weighted by Crippen LogP contribution is -2.43. The normalized spacial score (nSPS) is 12.0. The third-order valence-corrected chi connectivity index (χ3v) is 3.59. The standard InChI is InChI=1S/C19H29N3O5/c1-13-9-5-6-10-14(13)21-17(25)20-12-8-7-11-15(16(23)24)22-18(26)27-19(2,3)4/h5-6,9-10,15H,7-8,11-12H2,1-4H3,(H,22,26)(H,23,24)(H2,20,21,25)/t15-/m0/s1. The van der Waals surface area contributed by atoms with Gasteiger partial charge in [0.2, 0.25) is 0 Å². The zero-order valence-electron chi connectivity index (χ0n) is 16.3. The fourth-order valence-electron chi connectivity index (χ4n) is 2.26. The summed E-state index contributed by atoms with van der Waals surface area (Å²) in [5.41, 5.74) is 1.01. The molecule has 0 aliphatic carbocycles. The molecule has 4 N–H and O–H groups in total. The SMILES string of the molecule is Cc1ccccc1NC(=O)NCCCC[C@H](NC(=O)OC(C)(C)C)C(=O)O. The Kier molecular flexibility index (Phi) is 8.58. The molecule has 8 nitrogen and oxygen atoms in total. The molecule has 0 heterocycles. The van der Waals surface area contributed by atoms with Crippen LogP contribution >= 0.6 is 0 Å². The summed E-state index contributed by atoms with van der Waals surface area (Å²) < 4.78 is 5.06. The van der Waals surface area contributed by atoms with Gasteiger partial charge < -0.3 is 25.8 Å². The highest BCUT2D eigenvalue weighted by atomic mass is 16.6. The number of urea groups is 1. The number of hydrogen-bond acceptors (Lipinski definition) is 4. The molecule has 27 heavy (non-hydrogen) atoms. The lowest BCUT2D eigenvalue weighted by molar-refractivity contribution is -0.139. The second-order valence-electron chi connectivity index (χ2n) is 7.23. The first-order valence-electron chi connectivity index (χ1n) is 8.91. The number of para-hydroxylation sites is 1. The smallest absolute Gasteiger partial charge is 0.408 e. The van der Waals surface area contributed by atoms with Gasteiger partial charge >= 0.3 is 18.1 Å². The number of carboxylic acids is 1. The van der Waals surface area contributed by atoms with Crippen molar-refractivity contribution in [3.63, 3.8) is 0 Å². The Hall–Kier alpha value is -2.77. The summed E-state index contributed by atoms with van der Waals surface area (Å²) in [6.45, 7) is 7.41. The third kappa shape index (κ3) is 9.48. The second-order valence-corrected chi connectivity index (χ2v) is 7.23. The molecule has 0 saturated carbocycles. The van der Waals surface area contributed by atoms with Gasteiger partial charge in [0.15, 0.2) is 0 Å². The maximum Gasteiger partial charge on any atom is 0.408 e. The molecular weight excluding hydrogens is 350 g/mol. The highest BCUT2D eigenvalue weighted by Crippen LogP contribution is 2.12. The molecule has 1 rings (SSSR count). The van der Waals surface area contributed by atoms with Crippen molar-refractivity contribution in [2.45, 2.75) is 58.6 Å². The van der Waals surface area contributed by atoms with E-state index in [2.05, 4.69) is 16.0 Å². The van der Waals surface area contributed by atoms with Crippen LogP contribution < -0.4 is 16.0 Å². The molecule has 0 unspecified atom stereocenters. The Balaban J connectivity index is 2.29. The minimum absolute atomic E-state index is 0.246. The molecule has 150 valence electrons. The molecular formula is C19H29N3O5. The molecule has 1 aromatic rings. The summed E-state index contributed by atoms with van der Waals surface area (Å²) in [4.78, 5) is 34.8. The van der Waals surface area contributed by atoms with E-state index in [1.54, 1.807) is 20.8 Å². The maximum absolute atomic E-state index is 11.9. The van der Waals surface area contributed by atoms with Crippen LogP contribution in [0.4, 0.5) is 15.3 Å². The molecule has 8 heteroatoms. The number of hydrogen-bond donors (Lipinski definition) is 4. The minimum Gasteiger partial charge on any atom is -0.480 e. The first kappa shape index (κ1) is 22.3. The molecule has 0 fully saturated rings. The number of carbonyl (C=O) groups excluding carboxylic acids is 2. The van der Waals surface area contributed by atoms with E-state index in [-0.39, 0.29) is 12.5 Å². The number of carboxylic acid groups (broad SMARTS) is 1. The number of carbonyl (C=O) groups is 3. The lowest BCUT2D eigenvalue weighted by Gasteiger charge is -2.22. The Morgan fingerprint density at radius 3 is 2.41 bits per heavy atom. The van der Waals surface area contributed by atoms with Gasteiger partial charge in [-0.1, -0.05) is 18.2 Å². The summed E-state index contributed by atoms with van der Waals surface area (Å²) in [5, 5.41) is 17.0. The first-order chi connectivity index (χ1) is 12.6. The average Bonchev–Trinajstić information content (AvgIpc) is 2.53. The van der Waals surface area contributed by atoms with Gasteiger partial charge in [0, 0.05) is 12.2 Å². The summed E-state index contributed by atoms with van der Waals surface area (Å²) in [5.74, 6) is -1.12. The van der Waals surface area contributed by atoms with Gasteiger partial charge in [-0.15, -0.1) is 0 Å². The third-order valence-electron chi connectivity index (χ3n) is 3.59. The zero-order valence-corrected chi connectivity index (χ0v) is 16.3. The molecule has 0 aliphatic rings. The van der Waals surface area contributed by atoms with Crippen LogP contribution in [0.3, 0.4) is 0 Å². The van der Waals surface area contributed by atoms with Gasteiger partial charge in [-0.3, -0.25) is 0 Å². The Bertz CT molecular complexity index is 655. The van der Waals surface area contributed by atoms with Gasteiger partial charge in [0.25, 0.3) is 0 Å². The molecule has 0 aliphatic heterocycles.